The van der Waals surface area contributed by atoms with Crippen molar-refractivity contribution >= 4 is 75.5 Å². The number of nitrogens with one attached hydrogen (secondary N) is 2. The molecule has 3 unspecified atom stereocenters. The van der Waals surface area contributed by atoms with Gasteiger partial charge in [0.2, 0.25) is 21.5 Å². The summed E-state index contributed by atoms with van der Waals surface area (Å²) in [5.41, 5.74) is 2.84. The van der Waals surface area contributed by atoms with Crippen molar-refractivity contribution < 1.29 is 28.7 Å². The third kappa shape index (κ3) is 11.1. The second kappa shape index (κ2) is 17.1. The summed E-state index contributed by atoms with van der Waals surface area (Å²) < 4.78 is 8.70. The molecule has 0 bridgehead atoms. The van der Waals surface area contributed by atoms with Crippen LogP contribution < -0.4 is 10.6 Å². The van der Waals surface area contributed by atoms with Gasteiger partial charge in [-0.1, -0.05) is 79.9 Å². The third-order valence-electron chi connectivity index (χ3n) is 8.33. The number of alkyl halides is 3. The van der Waals surface area contributed by atoms with E-state index in [0.717, 1.165) is 34.1 Å². The Balaban J connectivity index is 1.63. The van der Waals surface area contributed by atoms with E-state index in [9.17, 15) is 19.2 Å². The highest BCUT2D eigenvalue weighted by Gasteiger charge is 2.35. The van der Waals surface area contributed by atoms with Gasteiger partial charge in [0.15, 0.2) is 0 Å². The van der Waals surface area contributed by atoms with Crippen LogP contribution in [0.25, 0.3) is 17.0 Å². The maximum absolute atomic E-state index is 13.5. The lowest BCUT2D eigenvalue weighted by Gasteiger charge is -2.34. The smallest absolute Gasteiger partial charge is 0.310 e. The standard InChI is InChI=1S/C35H47Cl3N4O6/c1-8-27-26(19-47-7)17-24-12-11-23(16-28(24)40-27)13-14-34(5,6)33(46)41-29(21(2)3)30(43)39-22(4)31(44)42-15-9-10-25(18-42)32(45)48-20-35(36,37)38/h11-14,16-17,21-22,25,29H,8-10,15,18-20H2,1-7H3,(H,39,43)(H,41,46)/b14-13+. The number of carbonyl (C=O) groups is 4. The van der Waals surface area contributed by atoms with E-state index in [1.807, 2.05) is 38.1 Å². The number of hydrogen-bond acceptors (Lipinski definition) is 7. The van der Waals surface area contributed by atoms with Gasteiger partial charge in [0.25, 0.3) is 0 Å². The van der Waals surface area contributed by atoms with E-state index in [4.69, 9.17) is 49.3 Å². The molecule has 2 N–H and O–H groups in total. The average molecular weight is 726 g/mol. The number of aromatic nitrogens is 1. The molecule has 13 heteroatoms. The molecule has 0 radical (unpaired) electrons. The highest BCUT2D eigenvalue weighted by atomic mass is 35.6. The summed E-state index contributed by atoms with van der Waals surface area (Å²) in [5, 5.41) is 6.64. The zero-order valence-corrected chi connectivity index (χ0v) is 31.0. The van der Waals surface area contributed by atoms with Gasteiger partial charge in [-0.15, -0.1) is 0 Å². The number of hydrogen-bond donors (Lipinski definition) is 2. The summed E-state index contributed by atoms with van der Waals surface area (Å²) in [4.78, 5) is 58.9. The lowest BCUT2D eigenvalue weighted by Crippen LogP contribution is -2.57. The first kappa shape index (κ1) is 39.5. The number of likely N-dealkylation sites (tertiary alicyclic amines) is 1. The van der Waals surface area contributed by atoms with E-state index in [0.29, 0.717) is 26.0 Å². The van der Waals surface area contributed by atoms with Gasteiger partial charge < -0.3 is 25.0 Å². The van der Waals surface area contributed by atoms with E-state index in [2.05, 4.69) is 23.6 Å². The molecule has 2 aromatic rings. The number of aryl methyl sites for hydroxylation is 1. The molecule has 1 aliphatic rings. The van der Waals surface area contributed by atoms with Crippen LogP contribution in [0, 0.1) is 17.3 Å². The average Bonchev–Trinajstić information content (AvgIpc) is 3.03. The number of fused-ring (bicyclic) bond motifs is 1. The van der Waals surface area contributed by atoms with Gasteiger partial charge >= 0.3 is 5.97 Å². The SMILES string of the molecule is CCc1nc2cc(/C=C/C(C)(C)C(=O)NC(C(=O)NC(C)C(=O)N3CCCC(C(=O)OCC(Cl)(Cl)Cl)C3)C(C)C)ccc2cc1COC. The lowest BCUT2D eigenvalue weighted by molar-refractivity contribution is -0.152. The van der Waals surface area contributed by atoms with Crippen molar-refractivity contribution in [3.8, 4) is 0 Å². The van der Waals surface area contributed by atoms with Crippen LogP contribution in [-0.4, -0.2) is 76.3 Å². The second-order valence-electron chi connectivity index (χ2n) is 13.2. The quantitative estimate of drug-likeness (QED) is 0.198. The molecular formula is C35H47Cl3N4O6. The molecule has 0 spiro atoms. The third-order valence-corrected chi connectivity index (χ3v) is 8.66. The molecule has 10 nitrogen and oxygen atoms in total. The first-order valence-electron chi connectivity index (χ1n) is 16.2. The Hall–Kier alpha value is -2.92. The van der Waals surface area contributed by atoms with E-state index in [1.165, 1.54) is 4.90 Å². The number of benzene rings is 1. The molecule has 48 heavy (non-hydrogen) atoms. The van der Waals surface area contributed by atoms with E-state index < -0.39 is 39.1 Å². The Morgan fingerprint density at radius 1 is 1.10 bits per heavy atom. The highest BCUT2D eigenvalue weighted by molar-refractivity contribution is 6.67. The fraction of sp³-hybridized carbons (Fsp3) is 0.571. The summed E-state index contributed by atoms with van der Waals surface area (Å²) in [6.07, 6.45) is 5.57. The van der Waals surface area contributed by atoms with Crippen molar-refractivity contribution in [1.29, 1.82) is 0 Å². The molecule has 3 atom stereocenters. The minimum atomic E-state index is -1.73. The number of pyridine rings is 1. The van der Waals surface area contributed by atoms with Crippen molar-refractivity contribution in [1.82, 2.24) is 20.5 Å². The van der Waals surface area contributed by atoms with Crippen LogP contribution in [0.15, 0.2) is 30.3 Å². The molecule has 1 fully saturated rings. The predicted molar refractivity (Wildman–Crippen MR) is 190 cm³/mol. The maximum Gasteiger partial charge on any atom is 0.310 e. The zero-order chi connectivity index (χ0) is 35.8. The van der Waals surface area contributed by atoms with E-state index >= 15 is 0 Å². The molecule has 1 aromatic carbocycles. The van der Waals surface area contributed by atoms with Crippen LogP contribution in [0.5, 0.6) is 0 Å². The van der Waals surface area contributed by atoms with Crippen molar-refractivity contribution in [2.45, 2.75) is 83.3 Å². The van der Waals surface area contributed by atoms with Crippen molar-refractivity contribution in [2.24, 2.45) is 17.3 Å². The molecule has 264 valence electrons. The topological polar surface area (TPSA) is 127 Å². The molecule has 0 saturated carbocycles. The van der Waals surface area contributed by atoms with Crippen LogP contribution in [0.1, 0.15) is 71.2 Å². The summed E-state index contributed by atoms with van der Waals surface area (Å²) >= 11 is 17.0. The van der Waals surface area contributed by atoms with Gasteiger partial charge in [-0.2, -0.15) is 0 Å². The van der Waals surface area contributed by atoms with Crippen LogP contribution in [0.3, 0.4) is 0 Å². The van der Waals surface area contributed by atoms with Gasteiger partial charge in [0, 0.05) is 31.3 Å². The molecule has 1 saturated heterocycles. The van der Waals surface area contributed by atoms with Crippen LogP contribution >= 0.6 is 34.8 Å². The normalized spacial score (nSPS) is 17.0. The lowest BCUT2D eigenvalue weighted by atomic mass is 9.89. The van der Waals surface area contributed by atoms with Gasteiger partial charge in [0.1, 0.15) is 18.7 Å². The van der Waals surface area contributed by atoms with E-state index in [-0.39, 0.29) is 30.9 Å². The van der Waals surface area contributed by atoms with Crippen LogP contribution in [0.4, 0.5) is 0 Å². The van der Waals surface area contributed by atoms with Gasteiger partial charge in [-0.3, -0.25) is 24.2 Å². The highest BCUT2D eigenvalue weighted by Crippen LogP contribution is 2.28. The first-order valence-corrected chi connectivity index (χ1v) is 17.3. The maximum atomic E-state index is 13.5. The molecule has 3 amide bonds. The van der Waals surface area contributed by atoms with Gasteiger partial charge in [-0.05, 0) is 69.2 Å². The Kier molecular flexibility index (Phi) is 14.1. The summed E-state index contributed by atoms with van der Waals surface area (Å²) in [6, 6.07) is 6.27. The summed E-state index contributed by atoms with van der Waals surface area (Å²) in [5.74, 6) is -2.53. The molecule has 3 rings (SSSR count). The monoisotopic (exact) mass is 724 g/mol. The van der Waals surface area contributed by atoms with E-state index in [1.54, 1.807) is 34.0 Å². The minimum Gasteiger partial charge on any atom is -0.461 e. The minimum absolute atomic E-state index is 0.129. The fourth-order valence-electron chi connectivity index (χ4n) is 5.48. The predicted octanol–water partition coefficient (Wildman–Crippen LogP) is 5.78. The van der Waals surface area contributed by atoms with Crippen LogP contribution in [0.2, 0.25) is 0 Å². The van der Waals surface area contributed by atoms with Crippen molar-refractivity contribution in [3.05, 3.63) is 47.2 Å². The number of halogens is 3. The van der Waals surface area contributed by atoms with Crippen molar-refractivity contribution in [3.63, 3.8) is 0 Å². The van der Waals surface area contributed by atoms with Gasteiger partial charge in [0.05, 0.1) is 23.5 Å². The number of piperidine rings is 1. The Morgan fingerprint density at radius 2 is 1.81 bits per heavy atom. The summed E-state index contributed by atoms with van der Waals surface area (Å²) in [7, 11) is 1.67. The molecule has 2 heterocycles. The van der Waals surface area contributed by atoms with Gasteiger partial charge in [-0.25, -0.2) is 0 Å². The Labute approximate surface area is 298 Å². The second-order valence-corrected chi connectivity index (χ2v) is 15.7. The molecule has 0 aliphatic carbocycles. The molecule has 1 aromatic heterocycles. The number of ether oxygens (including phenoxy) is 2. The number of amides is 3. The Bertz CT molecular complexity index is 1510. The fourth-order valence-corrected chi connectivity index (χ4v) is 5.64. The number of nitrogens with zero attached hydrogens (tertiary/aromatic N) is 2. The van der Waals surface area contributed by atoms with Crippen LogP contribution in [-0.2, 0) is 41.7 Å². The summed E-state index contributed by atoms with van der Waals surface area (Å²) in [6.45, 7) is 11.5. The first-order chi connectivity index (χ1) is 22.4. The molecule has 1 aliphatic heterocycles. The zero-order valence-electron chi connectivity index (χ0n) is 28.7. The number of rotatable bonds is 13. The Morgan fingerprint density at radius 3 is 2.44 bits per heavy atom. The molecular weight excluding hydrogens is 679 g/mol. The number of carbonyl (C=O) groups excluding carboxylic acids is 4. The number of methoxy groups -OCH3 is 1. The number of esters is 1. The largest absolute Gasteiger partial charge is 0.461 e. The van der Waals surface area contributed by atoms with Crippen molar-refractivity contribution in [2.75, 3.05) is 26.8 Å².